The molecule has 1 aromatic carbocycles. The van der Waals surface area contributed by atoms with Gasteiger partial charge in [-0.15, -0.1) is 0 Å². The first-order chi connectivity index (χ1) is 7.36. The first-order valence-electron chi connectivity index (χ1n) is 6.16. The Kier molecular flexibility index (Phi) is 3.25. The lowest BCUT2D eigenvalue weighted by atomic mass is 9.99. The minimum Gasteiger partial charge on any atom is -0.0651 e. The number of allylic oxidation sites excluding steroid dienone is 2. The zero-order valence-corrected chi connectivity index (χ0v) is 9.84. The van der Waals surface area contributed by atoms with E-state index in [1.54, 1.807) is 16.7 Å². The Bertz CT molecular complexity index is 371. The molecule has 0 radical (unpaired) electrons. The summed E-state index contributed by atoms with van der Waals surface area (Å²) in [5, 5.41) is 0. The van der Waals surface area contributed by atoms with Gasteiger partial charge in [-0.1, -0.05) is 56.5 Å². The molecule has 0 N–H and O–H groups in total. The zero-order valence-electron chi connectivity index (χ0n) is 9.84. The SMILES string of the molecule is CCCC1=C(CCC)c2ccccc2C1. The lowest BCUT2D eigenvalue weighted by molar-refractivity contribution is 0.871. The molecule has 0 aliphatic heterocycles. The standard InChI is InChI=1S/C15H20/c1-3-7-12-11-13-9-5-6-10-15(13)14(12)8-4-2/h5-6,9-10H,3-4,7-8,11H2,1-2H3. The fraction of sp³-hybridized carbons (Fsp3) is 0.467. The molecule has 0 heteroatoms. The molecule has 0 atom stereocenters. The summed E-state index contributed by atoms with van der Waals surface area (Å²) in [5.74, 6) is 0. The maximum Gasteiger partial charge on any atom is -0.00550 e. The molecule has 1 aliphatic carbocycles. The van der Waals surface area contributed by atoms with Crippen LogP contribution in [-0.4, -0.2) is 0 Å². The fourth-order valence-corrected chi connectivity index (χ4v) is 2.60. The van der Waals surface area contributed by atoms with Crippen LogP contribution in [0.25, 0.3) is 5.57 Å². The molecular weight excluding hydrogens is 180 g/mol. The first-order valence-corrected chi connectivity index (χ1v) is 6.16. The maximum atomic E-state index is 2.29. The summed E-state index contributed by atoms with van der Waals surface area (Å²) >= 11 is 0. The van der Waals surface area contributed by atoms with Gasteiger partial charge < -0.3 is 0 Å². The second kappa shape index (κ2) is 4.65. The van der Waals surface area contributed by atoms with Crippen molar-refractivity contribution in [2.45, 2.75) is 46.0 Å². The molecule has 1 aromatic rings. The van der Waals surface area contributed by atoms with Crippen molar-refractivity contribution in [3.8, 4) is 0 Å². The van der Waals surface area contributed by atoms with Crippen molar-refractivity contribution < 1.29 is 0 Å². The number of fused-ring (bicyclic) bond motifs is 1. The van der Waals surface area contributed by atoms with Crippen LogP contribution >= 0.6 is 0 Å². The molecular formula is C15H20. The Morgan fingerprint density at radius 3 is 2.47 bits per heavy atom. The molecule has 0 amide bonds. The van der Waals surface area contributed by atoms with E-state index in [4.69, 9.17) is 0 Å². The Labute approximate surface area is 93.0 Å². The van der Waals surface area contributed by atoms with E-state index in [9.17, 15) is 0 Å². The summed E-state index contributed by atoms with van der Waals surface area (Å²) in [6, 6.07) is 8.91. The van der Waals surface area contributed by atoms with Gasteiger partial charge >= 0.3 is 0 Å². The van der Waals surface area contributed by atoms with E-state index >= 15 is 0 Å². The van der Waals surface area contributed by atoms with Crippen molar-refractivity contribution in [1.82, 2.24) is 0 Å². The first kappa shape index (κ1) is 10.5. The van der Waals surface area contributed by atoms with E-state index in [1.807, 2.05) is 0 Å². The molecule has 0 saturated carbocycles. The van der Waals surface area contributed by atoms with Gasteiger partial charge in [-0.3, -0.25) is 0 Å². The van der Waals surface area contributed by atoms with Crippen molar-refractivity contribution >= 4 is 5.57 Å². The van der Waals surface area contributed by atoms with Crippen molar-refractivity contribution in [2.24, 2.45) is 0 Å². The third-order valence-electron chi connectivity index (χ3n) is 3.22. The van der Waals surface area contributed by atoms with Gasteiger partial charge in [0.25, 0.3) is 0 Å². The predicted octanol–water partition coefficient (Wildman–Crippen LogP) is 4.60. The van der Waals surface area contributed by atoms with Gasteiger partial charge in [-0.25, -0.2) is 0 Å². The molecule has 2 rings (SSSR count). The molecule has 1 aliphatic rings. The Morgan fingerprint density at radius 1 is 1.00 bits per heavy atom. The third kappa shape index (κ3) is 1.99. The highest BCUT2D eigenvalue weighted by Gasteiger charge is 2.18. The quantitative estimate of drug-likeness (QED) is 0.666. The van der Waals surface area contributed by atoms with Gasteiger partial charge in [-0.2, -0.15) is 0 Å². The number of benzene rings is 1. The molecule has 0 heterocycles. The van der Waals surface area contributed by atoms with Crippen LogP contribution in [0.5, 0.6) is 0 Å². The van der Waals surface area contributed by atoms with E-state index in [0.29, 0.717) is 0 Å². The largest absolute Gasteiger partial charge is 0.0651 e. The van der Waals surface area contributed by atoms with E-state index in [2.05, 4.69) is 38.1 Å². The Morgan fingerprint density at radius 2 is 1.73 bits per heavy atom. The van der Waals surface area contributed by atoms with E-state index in [0.717, 1.165) is 0 Å². The van der Waals surface area contributed by atoms with Gasteiger partial charge in [-0.05, 0) is 36.0 Å². The second-order valence-electron chi connectivity index (χ2n) is 4.42. The summed E-state index contributed by atoms with van der Waals surface area (Å²) in [6.45, 7) is 4.55. The van der Waals surface area contributed by atoms with E-state index in [-0.39, 0.29) is 0 Å². The van der Waals surface area contributed by atoms with Crippen molar-refractivity contribution in [2.75, 3.05) is 0 Å². The molecule has 0 aromatic heterocycles. The predicted molar refractivity (Wildman–Crippen MR) is 66.9 cm³/mol. The normalized spacial score (nSPS) is 14.5. The third-order valence-corrected chi connectivity index (χ3v) is 3.22. The molecule has 0 spiro atoms. The number of rotatable bonds is 4. The lowest BCUT2D eigenvalue weighted by Gasteiger charge is -2.06. The van der Waals surface area contributed by atoms with Crippen molar-refractivity contribution in [3.05, 3.63) is 41.0 Å². The highest BCUT2D eigenvalue weighted by Crippen LogP contribution is 2.37. The monoisotopic (exact) mass is 200 g/mol. The van der Waals surface area contributed by atoms with Gasteiger partial charge in [0.15, 0.2) is 0 Å². The molecule has 0 bridgehead atoms. The average Bonchev–Trinajstić information content (AvgIpc) is 2.59. The highest BCUT2D eigenvalue weighted by atomic mass is 14.2. The van der Waals surface area contributed by atoms with Crippen LogP contribution in [0.3, 0.4) is 0 Å². The lowest BCUT2D eigenvalue weighted by Crippen LogP contribution is -1.85. The van der Waals surface area contributed by atoms with Gasteiger partial charge in [0, 0.05) is 0 Å². The molecule has 0 fully saturated rings. The summed E-state index contributed by atoms with van der Waals surface area (Å²) in [4.78, 5) is 0. The van der Waals surface area contributed by atoms with Crippen LogP contribution in [0.1, 0.15) is 50.7 Å². The van der Waals surface area contributed by atoms with Crippen LogP contribution < -0.4 is 0 Å². The maximum absolute atomic E-state index is 2.29. The summed E-state index contributed by atoms with van der Waals surface area (Å²) in [5.41, 5.74) is 6.42. The van der Waals surface area contributed by atoms with Gasteiger partial charge in [0.1, 0.15) is 0 Å². The zero-order chi connectivity index (χ0) is 10.7. The van der Waals surface area contributed by atoms with Crippen LogP contribution in [0, 0.1) is 0 Å². The van der Waals surface area contributed by atoms with Crippen molar-refractivity contribution in [3.63, 3.8) is 0 Å². The van der Waals surface area contributed by atoms with Gasteiger partial charge in [0.05, 0.1) is 0 Å². The fourth-order valence-electron chi connectivity index (χ4n) is 2.60. The Balaban J connectivity index is 2.34. The molecule has 0 nitrogen and oxygen atoms in total. The average molecular weight is 200 g/mol. The highest BCUT2D eigenvalue weighted by molar-refractivity contribution is 5.76. The molecule has 0 saturated heterocycles. The molecule has 80 valence electrons. The topological polar surface area (TPSA) is 0 Å². The van der Waals surface area contributed by atoms with Gasteiger partial charge in [0.2, 0.25) is 0 Å². The number of hydrogen-bond acceptors (Lipinski definition) is 0. The van der Waals surface area contributed by atoms with E-state index in [1.165, 1.54) is 37.7 Å². The Hall–Kier alpha value is -1.04. The van der Waals surface area contributed by atoms with E-state index < -0.39 is 0 Å². The molecule has 15 heavy (non-hydrogen) atoms. The smallest absolute Gasteiger partial charge is 0.00550 e. The minimum absolute atomic E-state index is 1.21. The second-order valence-corrected chi connectivity index (χ2v) is 4.42. The van der Waals surface area contributed by atoms with Crippen LogP contribution in [0.4, 0.5) is 0 Å². The molecule has 0 unspecified atom stereocenters. The van der Waals surface area contributed by atoms with Crippen molar-refractivity contribution in [1.29, 1.82) is 0 Å². The summed E-state index contributed by atoms with van der Waals surface area (Å²) in [7, 11) is 0. The van der Waals surface area contributed by atoms with Crippen LogP contribution in [-0.2, 0) is 6.42 Å². The van der Waals surface area contributed by atoms with Crippen LogP contribution in [0.2, 0.25) is 0 Å². The van der Waals surface area contributed by atoms with Crippen LogP contribution in [0.15, 0.2) is 29.8 Å². The summed E-state index contributed by atoms with van der Waals surface area (Å²) < 4.78 is 0. The number of hydrogen-bond donors (Lipinski definition) is 0. The summed E-state index contributed by atoms with van der Waals surface area (Å²) in [6.07, 6.45) is 6.28. The minimum atomic E-state index is 1.21.